The van der Waals surface area contributed by atoms with Gasteiger partial charge < -0.3 is 19.5 Å². The molecule has 1 amide bonds. The fraction of sp³-hybridized carbons (Fsp3) is 0.588. The third-order valence-electron chi connectivity index (χ3n) is 3.54. The van der Waals surface area contributed by atoms with Crippen LogP contribution in [0.2, 0.25) is 0 Å². The number of amides is 1. The first-order valence-corrected chi connectivity index (χ1v) is 7.65. The number of benzene rings is 1. The molecular weight excluding hydrogens is 282 g/mol. The second-order valence-corrected chi connectivity index (χ2v) is 6.62. The SMILES string of the molecule is CC(C)(C)OC(=O)N1C[C@@H](OCc2ccccc2)C[C@@H]1CO. The van der Waals surface area contributed by atoms with Gasteiger partial charge in [-0.2, -0.15) is 0 Å². The summed E-state index contributed by atoms with van der Waals surface area (Å²) in [4.78, 5) is 13.8. The lowest BCUT2D eigenvalue weighted by Crippen LogP contribution is -2.41. The highest BCUT2D eigenvalue weighted by atomic mass is 16.6. The Bertz CT molecular complexity index is 483. The van der Waals surface area contributed by atoms with E-state index in [2.05, 4.69) is 0 Å². The molecule has 2 atom stereocenters. The van der Waals surface area contributed by atoms with Crippen LogP contribution in [0.4, 0.5) is 4.79 Å². The second kappa shape index (κ2) is 7.11. The molecule has 0 spiro atoms. The predicted molar refractivity (Wildman–Crippen MR) is 83.4 cm³/mol. The predicted octanol–water partition coefficient (Wildman–Crippen LogP) is 2.57. The zero-order valence-corrected chi connectivity index (χ0v) is 13.5. The number of aliphatic hydroxyl groups excluding tert-OH is 1. The molecule has 1 N–H and O–H groups in total. The van der Waals surface area contributed by atoms with Gasteiger partial charge in [-0.25, -0.2) is 4.79 Å². The van der Waals surface area contributed by atoms with E-state index in [4.69, 9.17) is 9.47 Å². The van der Waals surface area contributed by atoms with E-state index in [0.29, 0.717) is 19.6 Å². The van der Waals surface area contributed by atoms with Gasteiger partial charge in [-0.05, 0) is 32.8 Å². The van der Waals surface area contributed by atoms with Crippen molar-refractivity contribution in [1.82, 2.24) is 4.90 Å². The van der Waals surface area contributed by atoms with Crippen LogP contribution in [0.15, 0.2) is 30.3 Å². The summed E-state index contributed by atoms with van der Waals surface area (Å²) in [6.07, 6.45) is 0.157. The van der Waals surface area contributed by atoms with Crippen molar-refractivity contribution in [3.05, 3.63) is 35.9 Å². The molecule has 1 fully saturated rings. The summed E-state index contributed by atoms with van der Waals surface area (Å²) < 4.78 is 11.3. The van der Waals surface area contributed by atoms with Crippen molar-refractivity contribution >= 4 is 6.09 Å². The van der Waals surface area contributed by atoms with Gasteiger partial charge in [-0.1, -0.05) is 30.3 Å². The van der Waals surface area contributed by atoms with E-state index >= 15 is 0 Å². The maximum atomic E-state index is 12.2. The van der Waals surface area contributed by atoms with Crippen molar-refractivity contribution in [3.63, 3.8) is 0 Å². The number of nitrogens with zero attached hydrogens (tertiary/aromatic N) is 1. The molecule has 0 bridgehead atoms. The van der Waals surface area contributed by atoms with E-state index in [0.717, 1.165) is 5.56 Å². The van der Waals surface area contributed by atoms with Crippen LogP contribution in [-0.4, -0.2) is 47.0 Å². The number of aliphatic hydroxyl groups is 1. The van der Waals surface area contributed by atoms with Gasteiger partial charge in [0.1, 0.15) is 5.60 Å². The Morgan fingerprint density at radius 3 is 2.59 bits per heavy atom. The quantitative estimate of drug-likeness (QED) is 0.929. The van der Waals surface area contributed by atoms with Crippen molar-refractivity contribution < 1.29 is 19.4 Å². The molecule has 1 saturated heterocycles. The summed E-state index contributed by atoms with van der Waals surface area (Å²) in [5, 5.41) is 9.48. The summed E-state index contributed by atoms with van der Waals surface area (Å²) in [6.45, 7) is 6.37. The molecule has 1 heterocycles. The fourth-order valence-corrected chi connectivity index (χ4v) is 2.50. The monoisotopic (exact) mass is 307 g/mol. The Hall–Kier alpha value is -1.59. The minimum absolute atomic E-state index is 0.0788. The average molecular weight is 307 g/mol. The highest BCUT2D eigenvalue weighted by Gasteiger charge is 2.37. The van der Waals surface area contributed by atoms with Gasteiger partial charge in [-0.3, -0.25) is 0 Å². The maximum absolute atomic E-state index is 12.2. The minimum atomic E-state index is -0.542. The summed E-state index contributed by atoms with van der Waals surface area (Å²) in [5.41, 5.74) is 0.554. The lowest BCUT2D eigenvalue weighted by atomic mass is 10.2. The van der Waals surface area contributed by atoms with Crippen LogP contribution < -0.4 is 0 Å². The number of carbonyl (C=O) groups excluding carboxylic acids is 1. The molecule has 1 aromatic carbocycles. The Labute approximate surface area is 131 Å². The lowest BCUT2D eigenvalue weighted by Gasteiger charge is -2.27. The maximum Gasteiger partial charge on any atom is 0.410 e. The number of ether oxygens (including phenoxy) is 2. The first kappa shape index (κ1) is 16.8. The van der Waals surface area contributed by atoms with E-state index < -0.39 is 11.7 Å². The third-order valence-corrected chi connectivity index (χ3v) is 3.54. The van der Waals surface area contributed by atoms with Crippen LogP contribution in [0.5, 0.6) is 0 Å². The van der Waals surface area contributed by atoms with Crippen LogP contribution in [-0.2, 0) is 16.1 Å². The highest BCUT2D eigenvalue weighted by molar-refractivity contribution is 5.69. The second-order valence-electron chi connectivity index (χ2n) is 6.62. The van der Waals surface area contributed by atoms with Gasteiger partial charge in [0.05, 0.1) is 31.9 Å². The Morgan fingerprint density at radius 1 is 1.32 bits per heavy atom. The number of likely N-dealkylation sites (tertiary alicyclic amines) is 1. The molecule has 0 aromatic heterocycles. The zero-order chi connectivity index (χ0) is 16.2. The summed E-state index contributed by atoms with van der Waals surface area (Å²) in [5.74, 6) is 0. The molecule has 0 aliphatic carbocycles. The third kappa shape index (κ3) is 4.71. The molecule has 5 nitrogen and oxygen atoms in total. The average Bonchev–Trinajstić information content (AvgIpc) is 2.88. The van der Waals surface area contributed by atoms with Crippen molar-refractivity contribution in [2.24, 2.45) is 0 Å². The Morgan fingerprint density at radius 2 is 2.00 bits per heavy atom. The molecule has 5 heteroatoms. The molecule has 2 rings (SSSR count). The Kier molecular flexibility index (Phi) is 5.42. The zero-order valence-electron chi connectivity index (χ0n) is 13.5. The molecular formula is C17H25NO4. The molecule has 0 radical (unpaired) electrons. The van der Waals surface area contributed by atoms with Gasteiger partial charge >= 0.3 is 6.09 Å². The van der Waals surface area contributed by atoms with E-state index in [-0.39, 0.29) is 18.8 Å². The minimum Gasteiger partial charge on any atom is -0.444 e. The van der Waals surface area contributed by atoms with E-state index in [1.165, 1.54) is 0 Å². The van der Waals surface area contributed by atoms with Crippen molar-refractivity contribution in [1.29, 1.82) is 0 Å². The highest BCUT2D eigenvalue weighted by Crippen LogP contribution is 2.23. The van der Waals surface area contributed by atoms with E-state index in [9.17, 15) is 9.90 Å². The molecule has 122 valence electrons. The standard InChI is InChI=1S/C17H25NO4/c1-17(2,3)22-16(20)18-10-15(9-14(18)11-19)21-12-13-7-5-4-6-8-13/h4-8,14-15,19H,9-12H2,1-3H3/t14-,15+/m1/s1. The van der Waals surface area contributed by atoms with Gasteiger partial charge in [-0.15, -0.1) is 0 Å². The molecule has 0 unspecified atom stereocenters. The van der Waals surface area contributed by atoms with Crippen LogP contribution in [0.3, 0.4) is 0 Å². The fourth-order valence-electron chi connectivity index (χ4n) is 2.50. The normalized spacial score (nSPS) is 21.9. The smallest absolute Gasteiger partial charge is 0.410 e. The number of hydrogen-bond acceptors (Lipinski definition) is 4. The largest absolute Gasteiger partial charge is 0.444 e. The lowest BCUT2D eigenvalue weighted by molar-refractivity contribution is 0.0121. The van der Waals surface area contributed by atoms with Crippen molar-refractivity contribution in [2.75, 3.05) is 13.2 Å². The van der Waals surface area contributed by atoms with Crippen LogP contribution in [0.25, 0.3) is 0 Å². The molecule has 0 saturated carbocycles. The van der Waals surface area contributed by atoms with Crippen LogP contribution >= 0.6 is 0 Å². The summed E-state index contributed by atoms with van der Waals surface area (Å²) in [6, 6.07) is 9.67. The molecule has 22 heavy (non-hydrogen) atoms. The van der Waals surface area contributed by atoms with Gasteiger partial charge in [0.15, 0.2) is 0 Å². The van der Waals surface area contributed by atoms with Gasteiger partial charge in [0.25, 0.3) is 0 Å². The first-order valence-electron chi connectivity index (χ1n) is 7.65. The Balaban J connectivity index is 1.90. The van der Waals surface area contributed by atoms with E-state index in [1.54, 1.807) is 4.90 Å². The van der Waals surface area contributed by atoms with Crippen molar-refractivity contribution in [3.8, 4) is 0 Å². The first-order chi connectivity index (χ1) is 10.4. The molecule has 1 aliphatic rings. The van der Waals surface area contributed by atoms with Crippen molar-refractivity contribution in [2.45, 2.75) is 51.5 Å². The topological polar surface area (TPSA) is 59.0 Å². The van der Waals surface area contributed by atoms with Gasteiger partial charge in [0.2, 0.25) is 0 Å². The summed E-state index contributed by atoms with van der Waals surface area (Å²) in [7, 11) is 0. The summed E-state index contributed by atoms with van der Waals surface area (Å²) >= 11 is 0. The van der Waals surface area contributed by atoms with Crippen LogP contribution in [0, 0.1) is 0 Å². The van der Waals surface area contributed by atoms with Crippen LogP contribution in [0.1, 0.15) is 32.8 Å². The van der Waals surface area contributed by atoms with E-state index in [1.807, 2.05) is 51.1 Å². The van der Waals surface area contributed by atoms with Gasteiger partial charge in [0, 0.05) is 0 Å². The molecule has 1 aliphatic heterocycles. The molecule has 1 aromatic rings. The number of rotatable bonds is 4. The number of hydrogen-bond donors (Lipinski definition) is 1. The number of carbonyl (C=O) groups is 1.